The highest BCUT2D eigenvalue weighted by Crippen LogP contribution is 2.27. The van der Waals surface area contributed by atoms with E-state index in [0.717, 1.165) is 16.2 Å². The molecule has 2 aromatic rings. The summed E-state index contributed by atoms with van der Waals surface area (Å²) in [5, 5.41) is 2.87. The molecule has 1 fully saturated rings. The summed E-state index contributed by atoms with van der Waals surface area (Å²) >= 11 is 1.04. The molecule has 0 bridgehead atoms. The number of esters is 1. The molecule has 3 amide bonds. The zero-order valence-electron chi connectivity index (χ0n) is 13.9. The highest BCUT2D eigenvalue weighted by molar-refractivity contribution is 7.20. The minimum atomic E-state index is -1.11. The van der Waals surface area contributed by atoms with Crippen LogP contribution in [0.2, 0.25) is 0 Å². The maximum absolute atomic E-state index is 12.4. The number of fused-ring (bicyclic) bond motifs is 1. The standard InChI is InChI=1S/C15H16N4O5S/c1-7-9-11(17-6-18(3)13(9)21)25-10(7)14(22)24-8(2)12(20)19-5-4-16-15(19)23/h6,8H,4-5H2,1-3H3,(H,16,23). The second kappa shape index (κ2) is 6.28. The third-order valence-corrected chi connectivity index (χ3v) is 5.13. The summed E-state index contributed by atoms with van der Waals surface area (Å²) in [4.78, 5) is 54.2. The van der Waals surface area contributed by atoms with Gasteiger partial charge in [0.15, 0.2) is 6.10 Å². The average molecular weight is 364 g/mol. The summed E-state index contributed by atoms with van der Waals surface area (Å²) in [5.74, 6) is -1.31. The zero-order chi connectivity index (χ0) is 18.3. The fourth-order valence-corrected chi connectivity index (χ4v) is 3.59. The Morgan fingerprint density at radius 1 is 1.40 bits per heavy atom. The van der Waals surface area contributed by atoms with Crippen molar-refractivity contribution in [3.63, 3.8) is 0 Å². The van der Waals surface area contributed by atoms with Crippen LogP contribution in [0.25, 0.3) is 10.2 Å². The van der Waals surface area contributed by atoms with Crippen LogP contribution in [0.4, 0.5) is 4.79 Å². The molecule has 0 aromatic carbocycles. The number of aryl methyl sites for hydroxylation is 2. The number of thiophene rings is 1. The number of aromatic nitrogens is 2. The monoisotopic (exact) mass is 364 g/mol. The number of carbonyl (C=O) groups is 3. The zero-order valence-corrected chi connectivity index (χ0v) is 14.7. The van der Waals surface area contributed by atoms with Gasteiger partial charge in [-0.3, -0.25) is 14.5 Å². The summed E-state index contributed by atoms with van der Waals surface area (Å²) < 4.78 is 6.53. The average Bonchev–Trinajstić information content (AvgIpc) is 3.14. The number of carbonyl (C=O) groups excluding carboxylic acids is 3. The lowest BCUT2D eigenvalue weighted by molar-refractivity contribution is -0.136. The molecule has 1 aliphatic rings. The lowest BCUT2D eigenvalue weighted by Crippen LogP contribution is -2.41. The number of imide groups is 1. The molecule has 1 saturated heterocycles. The second-order valence-corrected chi connectivity index (χ2v) is 6.67. The van der Waals surface area contributed by atoms with Crippen molar-refractivity contribution in [3.8, 4) is 0 Å². The largest absolute Gasteiger partial charge is 0.448 e. The van der Waals surface area contributed by atoms with Gasteiger partial charge in [-0.2, -0.15) is 0 Å². The molecule has 1 unspecified atom stereocenters. The fourth-order valence-electron chi connectivity index (χ4n) is 2.57. The van der Waals surface area contributed by atoms with Crippen LogP contribution in [0.1, 0.15) is 22.2 Å². The first-order chi connectivity index (χ1) is 11.8. The number of hydrogen-bond donors (Lipinski definition) is 1. The molecule has 9 nitrogen and oxygen atoms in total. The van der Waals surface area contributed by atoms with Gasteiger partial charge in [-0.15, -0.1) is 11.3 Å². The molecule has 0 spiro atoms. The van der Waals surface area contributed by atoms with Crippen molar-refractivity contribution in [2.45, 2.75) is 20.0 Å². The first-order valence-electron chi connectivity index (χ1n) is 7.56. The van der Waals surface area contributed by atoms with E-state index in [-0.39, 0.29) is 17.0 Å². The first-order valence-corrected chi connectivity index (χ1v) is 8.37. The summed E-state index contributed by atoms with van der Waals surface area (Å²) in [7, 11) is 1.58. The SMILES string of the molecule is Cc1c(C(=O)OC(C)C(=O)N2CCNC2=O)sc2ncn(C)c(=O)c12. The molecule has 3 heterocycles. The Hall–Kier alpha value is -2.75. The minimum Gasteiger partial charge on any atom is -0.448 e. The molecule has 1 atom stereocenters. The van der Waals surface area contributed by atoms with E-state index < -0.39 is 24.0 Å². The number of nitrogens with zero attached hydrogens (tertiary/aromatic N) is 3. The van der Waals surface area contributed by atoms with Crippen molar-refractivity contribution in [2.75, 3.05) is 13.1 Å². The van der Waals surface area contributed by atoms with Crippen molar-refractivity contribution in [3.05, 3.63) is 27.1 Å². The number of hydrogen-bond acceptors (Lipinski definition) is 7. The van der Waals surface area contributed by atoms with Gasteiger partial charge < -0.3 is 14.6 Å². The van der Waals surface area contributed by atoms with Crippen molar-refractivity contribution in [2.24, 2.45) is 7.05 Å². The van der Waals surface area contributed by atoms with Gasteiger partial charge in [0.05, 0.1) is 11.7 Å². The molecule has 3 rings (SSSR count). The van der Waals surface area contributed by atoms with Crippen LogP contribution in [-0.4, -0.2) is 51.6 Å². The van der Waals surface area contributed by atoms with Crippen LogP contribution in [0, 0.1) is 6.92 Å². The fraction of sp³-hybridized carbons (Fsp3) is 0.400. The van der Waals surface area contributed by atoms with Crippen LogP contribution in [-0.2, 0) is 16.6 Å². The predicted octanol–water partition coefficient (Wildman–Crippen LogP) is 0.401. The third-order valence-electron chi connectivity index (χ3n) is 3.95. The molecule has 10 heteroatoms. The van der Waals surface area contributed by atoms with Crippen LogP contribution in [0.5, 0.6) is 0 Å². The Kier molecular flexibility index (Phi) is 4.29. The topological polar surface area (TPSA) is 111 Å². The highest BCUT2D eigenvalue weighted by atomic mass is 32.1. The van der Waals surface area contributed by atoms with E-state index in [0.29, 0.717) is 22.3 Å². The number of nitrogens with one attached hydrogen (secondary N) is 1. The molecule has 0 radical (unpaired) electrons. The van der Waals surface area contributed by atoms with Crippen molar-refractivity contribution in [1.29, 1.82) is 0 Å². The van der Waals surface area contributed by atoms with E-state index in [1.54, 1.807) is 14.0 Å². The third kappa shape index (κ3) is 2.88. The molecule has 2 aromatic heterocycles. The van der Waals surface area contributed by atoms with Gasteiger partial charge in [0, 0.05) is 20.1 Å². The number of ether oxygens (including phenoxy) is 1. The van der Waals surface area contributed by atoms with E-state index in [1.165, 1.54) is 17.8 Å². The molecular formula is C15H16N4O5S. The van der Waals surface area contributed by atoms with E-state index in [4.69, 9.17) is 4.74 Å². The Labute approximate surface area is 146 Å². The molecule has 1 N–H and O–H groups in total. The highest BCUT2D eigenvalue weighted by Gasteiger charge is 2.32. The van der Waals surface area contributed by atoms with Crippen molar-refractivity contribution < 1.29 is 19.1 Å². The summed E-state index contributed by atoms with van der Waals surface area (Å²) in [6.45, 7) is 3.65. The minimum absolute atomic E-state index is 0.219. The smallest absolute Gasteiger partial charge is 0.349 e. The molecule has 132 valence electrons. The van der Waals surface area contributed by atoms with Crippen LogP contribution >= 0.6 is 11.3 Å². The molecule has 25 heavy (non-hydrogen) atoms. The lowest BCUT2D eigenvalue weighted by atomic mass is 10.2. The number of urea groups is 1. The molecule has 0 aliphatic carbocycles. The normalized spacial score (nSPS) is 15.3. The van der Waals surface area contributed by atoms with E-state index in [1.807, 2.05) is 0 Å². The van der Waals surface area contributed by atoms with E-state index in [2.05, 4.69) is 10.3 Å². The first kappa shape index (κ1) is 17.1. The van der Waals surface area contributed by atoms with Gasteiger partial charge in [-0.25, -0.2) is 14.6 Å². The van der Waals surface area contributed by atoms with Gasteiger partial charge in [0.25, 0.3) is 11.5 Å². The van der Waals surface area contributed by atoms with Gasteiger partial charge in [-0.1, -0.05) is 0 Å². The predicted molar refractivity (Wildman–Crippen MR) is 89.6 cm³/mol. The van der Waals surface area contributed by atoms with E-state index in [9.17, 15) is 19.2 Å². The molecule has 0 saturated carbocycles. The quantitative estimate of drug-likeness (QED) is 0.790. The lowest BCUT2D eigenvalue weighted by Gasteiger charge is -2.17. The maximum atomic E-state index is 12.4. The van der Waals surface area contributed by atoms with Crippen molar-refractivity contribution in [1.82, 2.24) is 19.8 Å². The van der Waals surface area contributed by atoms with Gasteiger partial charge in [0.2, 0.25) is 0 Å². The Bertz CT molecular complexity index is 947. The summed E-state index contributed by atoms with van der Waals surface area (Å²) in [6, 6.07) is -0.501. The Balaban J connectivity index is 1.84. The van der Waals surface area contributed by atoms with Crippen LogP contribution in [0.3, 0.4) is 0 Å². The van der Waals surface area contributed by atoms with Gasteiger partial charge >= 0.3 is 12.0 Å². The molecular weight excluding hydrogens is 348 g/mol. The van der Waals surface area contributed by atoms with Crippen LogP contribution in [0.15, 0.2) is 11.1 Å². The van der Waals surface area contributed by atoms with Gasteiger partial charge in [-0.05, 0) is 19.4 Å². The van der Waals surface area contributed by atoms with Gasteiger partial charge in [0.1, 0.15) is 9.71 Å². The molecule has 1 aliphatic heterocycles. The maximum Gasteiger partial charge on any atom is 0.349 e. The van der Waals surface area contributed by atoms with Crippen LogP contribution < -0.4 is 10.9 Å². The number of amides is 3. The number of rotatable bonds is 3. The summed E-state index contributed by atoms with van der Waals surface area (Å²) in [5.41, 5.74) is 0.216. The van der Waals surface area contributed by atoms with E-state index >= 15 is 0 Å². The van der Waals surface area contributed by atoms with Crippen molar-refractivity contribution >= 4 is 39.5 Å². The Morgan fingerprint density at radius 3 is 2.76 bits per heavy atom. The summed E-state index contributed by atoms with van der Waals surface area (Å²) in [6.07, 6.45) is 0.269. The second-order valence-electron chi connectivity index (χ2n) is 5.67. The Morgan fingerprint density at radius 2 is 2.12 bits per heavy atom.